The summed E-state index contributed by atoms with van der Waals surface area (Å²) >= 11 is 1.58. The van der Waals surface area contributed by atoms with Gasteiger partial charge in [-0.2, -0.15) is 0 Å². The lowest BCUT2D eigenvalue weighted by atomic mass is 9.73. The van der Waals surface area contributed by atoms with E-state index >= 15 is 0 Å². The van der Waals surface area contributed by atoms with E-state index in [2.05, 4.69) is 15.6 Å². The normalized spacial score (nSPS) is 25.4. The molecule has 24 heavy (non-hydrogen) atoms. The molecule has 0 radical (unpaired) electrons. The molecule has 0 spiro atoms. The van der Waals surface area contributed by atoms with Crippen LogP contribution in [0.2, 0.25) is 0 Å². The molecule has 0 aliphatic carbocycles. The van der Waals surface area contributed by atoms with Gasteiger partial charge in [-0.1, -0.05) is 30.3 Å². The molecule has 5 rings (SSSR count). The van der Waals surface area contributed by atoms with Crippen molar-refractivity contribution >= 4 is 23.1 Å². The van der Waals surface area contributed by atoms with Crippen molar-refractivity contribution in [1.29, 1.82) is 0 Å². The Bertz CT molecular complexity index is 691. The molecule has 4 heterocycles. The van der Waals surface area contributed by atoms with Crippen molar-refractivity contribution in [2.45, 2.75) is 19.3 Å². The number of piperidine rings is 3. The van der Waals surface area contributed by atoms with Crippen molar-refractivity contribution in [3.05, 3.63) is 41.1 Å². The van der Waals surface area contributed by atoms with Crippen molar-refractivity contribution in [2.75, 3.05) is 31.6 Å². The summed E-state index contributed by atoms with van der Waals surface area (Å²) < 4.78 is 5.60. The van der Waals surface area contributed by atoms with Gasteiger partial charge in [-0.05, 0) is 44.5 Å². The number of benzene rings is 1. The maximum Gasteiger partial charge on any atom is 0.411 e. The molecule has 2 aromatic rings. The summed E-state index contributed by atoms with van der Waals surface area (Å²) in [5.74, 6) is 0. The smallest absolute Gasteiger partial charge is 0.411 e. The molecular formula is C19H22N2O2S. The van der Waals surface area contributed by atoms with Gasteiger partial charge in [-0.25, -0.2) is 4.79 Å². The van der Waals surface area contributed by atoms with E-state index < -0.39 is 0 Å². The van der Waals surface area contributed by atoms with E-state index in [1.165, 1.54) is 0 Å². The van der Waals surface area contributed by atoms with Gasteiger partial charge < -0.3 is 9.64 Å². The number of amides is 1. The number of hydrogen-bond donors (Lipinski definition) is 1. The van der Waals surface area contributed by atoms with Crippen LogP contribution in [-0.2, 0) is 4.74 Å². The average molecular weight is 342 g/mol. The fourth-order valence-corrected chi connectivity index (χ4v) is 4.50. The molecule has 0 unspecified atom stereocenters. The summed E-state index contributed by atoms with van der Waals surface area (Å²) in [6.07, 6.45) is 3.10. The molecule has 0 saturated carbocycles. The van der Waals surface area contributed by atoms with Crippen LogP contribution in [0, 0.1) is 5.41 Å². The third kappa shape index (κ3) is 3.19. The highest BCUT2D eigenvalue weighted by atomic mass is 32.1. The summed E-state index contributed by atoms with van der Waals surface area (Å²) in [6, 6.07) is 10.1. The van der Waals surface area contributed by atoms with Gasteiger partial charge in [0.1, 0.15) is 0 Å². The number of carbonyl (C=O) groups excluding carboxylic acids is 1. The van der Waals surface area contributed by atoms with Crippen LogP contribution in [0.4, 0.5) is 10.5 Å². The van der Waals surface area contributed by atoms with Crippen LogP contribution in [0.3, 0.4) is 0 Å². The fourth-order valence-electron chi connectivity index (χ4n) is 3.71. The lowest BCUT2D eigenvalue weighted by Gasteiger charge is -2.47. The largest absolute Gasteiger partial charge is 0.449 e. The number of nitrogens with one attached hydrogen (secondary N) is 1. The molecule has 1 amide bonds. The van der Waals surface area contributed by atoms with E-state index in [1.807, 2.05) is 35.7 Å². The Balaban J connectivity index is 1.38. The van der Waals surface area contributed by atoms with E-state index in [-0.39, 0.29) is 11.5 Å². The summed E-state index contributed by atoms with van der Waals surface area (Å²) in [6.45, 7) is 3.98. The number of nitrogens with zero attached hydrogens (tertiary/aromatic N) is 1. The standard InChI is InChI=1S/C19H22N2O2S/c22-18(23-14-19-6-9-21(10-7-19)11-8-19)20-17-13-24-12-16(17)15-4-2-1-3-5-15/h1-5,12-13H,6-11,14H2,(H,20,22). The Morgan fingerprint density at radius 2 is 1.83 bits per heavy atom. The molecule has 1 aromatic heterocycles. The monoisotopic (exact) mass is 342 g/mol. The molecule has 3 aliphatic heterocycles. The summed E-state index contributed by atoms with van der Waals surface area (Å²) in [5, 5.41) is 6.94. The first-order chi connectivity index (χ1) is 11.7. The fraction of sp³-hybridized carbons (Fsp3) is 0.421. The lowest BCUT2D eigenvalue weighted by Crippen LogP contribution is -2.50. The maximum atomic E-state index is 12.3. The van der Waals surface area contributed by atoms with Gasteiger partial charge in [-0.3, -0.25) is 5.32 Å². The molecule has 2 bridgehead atoms. The van der Waals surface area contributed by atoms with Gasteiger partial charge in [0.05, 0.1) is 12.3 Å². The second-order valence-corrected chi connectivity index (χ2v) is 7.60. The van der Waals surface area contributed by atoms with E-state index in [1.54, 1.807) is 11.3 Å². The molecule has 3 fully saturated rings. The van der Waals surface area contributed by atoms with E-state index in [0.717, 1.165) is 55.7 Å². The minimum atomic E-state index is -0.340. The Labute approximate surface area is 146 Å². The first-order valence-electron chi connectivity index (χ1n) is 8.52. The average Bonchev–Trinajstić information content (AvgIpc) is 3.10. The highest BCUT2D eigenvalue weighted by Gasteiger charge is 2.40. The zero-order valence-corrected chi connectivity index (χ0v) is 14.5. The van der Waals surface area contributed by atoms with Crippen LogP contribution < -0.4 is 5.32 Å². The number of fused-ring (bicyclic) bond motifs is 3. The molecular weight excluding hydrogens is 320 g/mol. The second kappa shape index (κ2) is 6.57. The van der Waals surface area contributed by atoms with E-state index in [4.69, 9.17) is 4.74 Å². The van der Waals surface area contributed by atoms with Crippen LogP contribution in [0.25, 0.3) is 11.1 Å². The Hall–Kier alpha value is -1.85. The zero-order valence-electron chi connectivity index (χ0n) is 13.7. The van der Waals surface area contributed by atoms with Crippen molar-refractivity contribution in [3.63, 3.8) is 0 Å². The quantitative estimate of drug-likeness (QED) is 0.892. The minimum Gasteiger partial charge on any atom is -0.449 e. The maximum absolute atomic E-state index is 12.3. The number of ether oxygens (including phenoxy) is 1. The SMILES string of the molecule is O=C(Nc1cscc1-c1ccccc1)OCC12CCN(CC1)CC2. The Kier molecular flexibility index (Phi) is 4.29. The first kappa shape index (κ1) is 15.7. The van der Waals surface area contributed by atoms with Gasteiger partial charge in [0.15, 0.2) is 0 Å². The van der Waals surface area contributed by atoms with Crippen LogP contribution in [-0.4, -0.2) is 37.2 Å². The second-order valence-electron chi connectivity index (χ2n) is 6.86. The predicted molar refractivity (Wildman–Crippen MR) is 97.4 cm³/mol. The van der Waals surface area contributed by atoms with E-state index in [9.17, 15) is 4.79 Å². The van der Waals surface area contributed by atoms with Crippen LogP contribution in [0.5, 0.6) is 0 Å². The number of anilines is 1. The summed E-state index contributed by atoms with van der Waals surface area (Å²) in [5.41, 5.74) is 3.18. The van der Waals surface area contributed by atoms with Crippen molar-refractivity contribution in [1.82, 2.24) is 4.90 Å². The zero-order chi connectivity index (χ0) is 16.4. The van der Waals surface area contributed by atoms with Gasteiger partial charge >= 0.3 is 6.09 Å². The number of rotatable bonds is 4. The molecule has 126 valence electrons. The third-order valence-electron chi connectivity index (χ3n) is 5.37. The molecule has 0 atom stereocenters. The topological polar surface area (TPSA) is 41.6 Å². The van der Waals surface area contributed by atoms with Crippen LogP contribution >= 0.6 is 11.3 Å². The summed E-state index contributed by atoms with van der Waals surface area (Å²) in [7, 11) is 0. The van der Waals surface area contributed by atoms with E-state index in [0.29, 0.717) is 6.61 Å². The number of thiophene rings is 1. The number of carbonyl (C=O) groups is 1. The Morgan fingerprint density at radius 1 is 1.12 bits per heavy atom. The predicted octanol–water partition coefficient (Wildman–Crippen LogP) is 4.45. The minimum absolute atomic E-state index is 0.211. The third-order valence-corrected chi connectivity index (χ3v) is 6.11. The molecule has 3 saturated heterocycles. The first-order valence-corrected chi connectivity index (χ1v) is 9.46. The van der Waals surface area contributed by atoms with Gasteiger partial charge in [0.2, 0.25) is 0 Å². The van der Waals surface area contributed by atoms with Crippen LogP contribution in [0.15, 0.2) is 41.1 Å². The van der Waals surface area contributed by atoms with Gasteiger partial charge in [-0.15, -0.1) is 11.3 Å². The lowest BCUT2D eigenvalue weighted by molar-refractivity contribution is -0.0189. The Morgan fingerprint density at radius 3 is 2.54 bits per heavy atom. The van der Waals surface area contributed by atoms with Crippen molar-refractivity contribution < 1.29 is 9.53 Å². The molecule has 1 aromatic carbocycles. The highest BCUT2D eigenvalue weighted by Crippen LogP contribution is 2.40. The molecule has 5 heteroatoms. The van der Waals surface area contributed by atoms with Crippen molar-refractivity contribution in [3.8, 4) is 11.1 Å². The van der Waals surface area contributed by atoms with Gasteiger partial charge in [0.25, 0.3) is 0 Å². The highest BCUT2D eigenvalue weighted by molar-refractivity contribution is 7.08. The molecule has 1 N–H and O–H groups in total. The van der Waals surface area contributed by atoms with Crippen molar-refractivity contribution in [2.24, 2.45) is 5.41 Å². The summed E-state index contributed by atoms with van der Waals surface area (Å²) in [4.78, 5) is 14.8. The number of hydrogen-bond acceptors (Lipinski definition) is 4. The molecule has 3 aliphatic rings. The van der Waals surface area contributed by atoms with Crippen LogP contribution in [0.1, 0.15) is 19.3 Å². The van der Waals surface area contributed by atoms with Gasteiger partial charge in [0, 0.05) is 21.7 Å². The molecule has 4 nitrogen and oxygen atoms in total.